The van der Waals surface area contributed by atoms with Crippen molar-refractivity contribution in [2.45, 2.75) is 24.3 Å². The Morgan fingerprint density at radius 3 is 2.48 bits per heavy atom. The van der Waals surface area contributed by atoms with Crippen molar-refractivity contribution in [2.75, 3.05) is 0 Å². The minimum absolute atomic E-state index is 0.358. The molecule has 1 heterocycles. The van der Waals surface area contributed by atoms with E-state index in [4.69, 9.17) is 0 Å². The second kappa shape index (κ2) is 8.45. The van der Waals surface area contributed by atoms with E-state index in [0.29, 0.717) is 10.7 Å². The van der Waals surface area contributed by atoms with Crippen molar-refractivity contribution in [1.82, 2.24) is 31.1 Å². The summed E-state index contributed by atoms with van der Waals surface area (Å²) in [5.41, 5.74) is 7.15. The average Bonchev–Trinajstić information content (AvgIpc) is 3.14. The van der Waals surface area contributed by atoms with Gasteiger partial charge in [-0.05, 0) is 48.0 Å². The average molecular weight is 382 g/mol. The second-order valence-corrected chi connectivity index (χ2v) is 7.04. The van der Waals surface area contributed by atoms with Gasteiger partial charge in [-0.15, -0.1) is 5.10 Å². The molecule has 2 aromatic carbocycles. The standard InChI is InChI=1S/C18H18N6O2S/c1-12-8-6-7-11-15(12)24-18(21-22-23-24)27-13(2)16(25)19-20-17(26)14-9-4-3-5-10-14/h3-11,13H,1-2H3,(H,19,25)(H,20,26)/t13-/m0/s1. The van der Waals surface area contributed by atoms with Crippen molar-refractivity contribution < 1.29 is 9.59 Å². The lowest BCUT2D eigenvalue weighted by Gasteiger charge is -2.13. The van der Waals surface area contributed by atoms with Crippen molar-refractivity contribution >= 4 is 23.6 Å². The maximum absolute atomic E-state index is 12.3. The zero-order valence-electron chi connectivity index (χ0n) is 14.8. The van der Waals surface area contributed by atoms with Crippen LogP contribution in [0.2, 0.25) is 0 Å². The Hall–Kier alpha value is -3.20. The van der Waals surface area contributed by atoms with Crippen molar-refractivity contribution in [3.63, 3.8) is 0 Å². The third-order valence-electron chi connectivity index (χ3n) is 3.77. The lowest BCUT2D eigenvalue weighted by molar-refractivity contribution is -0.121. The molecule has 9 heteroatoms. The summed E-state index contributed by atoms with van der Waals surface area (Å²) in [5.74, 6) is -0.741. The molecule has 1 atom stereocenters. The van der Waals surface area contributed by atoms with Gasteiger partial charge in [0.1, 0.15) is 0 Å². The molecular weight excluding hydrogens is 364 g/mol. The number of amides is 2. The van der Waals surface area contributed by atoms with Gasteiger partial charge >= 0.3 is 0 Å². The van der Waals surface area contributed by atoms with E-state index >= 15 is 0 Å². The molecule has 0 aliphatic heterocycles. The molecule has 2 amide bonds. The Balaban J connectivity index is 1.62. The molecular formula is C18H18N6O2S. The first-order valence-corrected chi connectivity index (χ1v) is 9.10. The quantitative estimate of drug-likeness (QED) is 0.516. The van der Waals surface area contributed by atoms with Crippen LogP contribution in [0.5, 0.6) is 0 Å². The van der Waals surface area contributed by atoms with Crippen LogP contribution in [0.1, 0.15) is 22.8 Å². The van der Waals surface area contributed by atoms with Crippen LogP contribution in [0.25, 0.3) is 5.69 Å². The number of carbonyl (C=O) groups excluding carboxylic acids is 2. The fourth-order valence-corrected chi connectivity index (χ4v) is 3.10. The van der Waals surface area contributed by atoms with Crippen molar-refractivity contribution in [3.8, 4) is 5.69 Å². The van der Waals surface area contributed by atoms with Gasteiger partial charge in [0.15, 0.2) is 0 Å². The lowest BCUT2D eigenvalue weighted by atomic mass is 10.2. The van der Waals surface area contributed by atoms with E-state index in [9.17, 15) is 9.59 Å². The first kappa shape index (κ1) is 18.6. The van der Waals surface area contributed by atoms with Gasteiger partial charge in [0.25, 0.3) is 11.8 Å². The predicted molar refractivity (Wildman–Crippen MR) is 101 cm³/mol. The summed E-state index contributed by atoms with van der Waals surface area (Å²) in [5, 5.41) is 11.7. The number of carbonyl (C=O) groups is 2. The molecule has 138 valence electrons. The SMILES string of the molecule is Cc1ccccc1-n1nnnc1S[C@@H](C)C(=O)NNC(=O)c1ccccc1. The van der Waals surface area contributed by atoms with Crippen LogP contribution in [0.15, 0.2) is 59.8 Å². The normalized spacial score (nSPS) is 11.6. The summed E-state index contributed by atoms with van der Waals surface area (Å²) in [6.07, 6.45) is 0. The molecule has 0 radical (unpaired) electrons. The highest BCUT2D eigenvalue weighted by atomic mass is 32.2. The number of hydrazine groups is 1. The lowest BCUT2D eigenvalue weighted by Crippen LogP contribution is -2.44. The van der Waals surface area contributed by atoms with Crippen molar-refractivity contribution in [2.24, 2.45) is 0 Å². The number of nitrogens with zero attached hydrogens (tertiary/aromatic N) is 4. The van der Waals surface area contributed by atoms with E-state index < -0.39 is 5.25 Å². The van der Waals surface area contributed by atoms with Crippen LogP contribution in [-0.4, -0.2) is 37.3 Å². The van der Waals surface area contributed by atoms with Crippen LogP contribution in [0, 0.1) is 6.92 Å². The van der Waals surface area contributed by atoms with E-state index in [1.165, 1.54) is 11.8 Å². The van der Waals surface area contributed by atoms with E-state index in [2.05, 4.69) is 26.4 Å². The largest absolute Gasteiger partial charge is 0.272 e. The van der Waals surface area contributed by atoms with Gasteiger partial charge in [-0.3, -0.25) is 20.4 Å². The van der Waals surface area contributed by atoms with Crippen LogP contribution < -0.4 is 10.9 Å². The Kier molecular flexibility index (Phi) is 5.82. The minimum Gasteiger partial charge on any atom is -0.272 e. The number of thioether (sulfide) groups is 1. The second-order valence-electron chi connectivity index (χ2n) is 5.73. The number of tetrazole rings is 1. The molecule has 3 aromatic rings. The number of hydrogen-bond acceptors (Lipinski definition) is 6. The number of nitrogens with one attached hydrogen (secondary N) is 2. The summed E-state index contributed by atoms with van der Waals surface area (Å²) >= 11 is 1.20. The van der Waals surface area contributed by atoms with Gasteiger partial charge < -0.3 is 0 Å². The molecule has 0 bridgehead atoms. The zero-order chi connectivity index (χ0) is 19.2. The molecule has 27 heavy (non-hydrogen) atoms. The molecule has 2 N–H and O–H groups in total. The van der Waals surface area contributed by atoms with Crippen LogP contribution in [-0.2, 0) is 4.79 Å². The first-order chi connectivity index (χ1) is 13.1. The van der Waals surface area contributed by atoms with Gasteiger partial charge in [-0.25, -0.2) is 0 Å². The molecule has 0 aliphatic rings. The summed E-state index contributed by atoms with van der Waals surface area (Å²) in [7, 11) is 0. The molecule has 0 spiro atoms. The minimum atomic E-state index is -0.519. The molecule has 0 unspecified atom stereocenters. The summed E-state index contributed by atoms with van der Waals surface area (Å²) in [4.78, 5) is 24.3. The molecule has 0 aliphatic carbocycles. The Morgan fingerprint density at radius 1 is 1.04 bits per heavy atom. The van der Waals surface area contributed by atoms with Gasteiger partial charge in [0.2, 0.25) is 5.16 Å². The number of rotatable bonds is 5. The molecule has 1 aromatic heterocycles. The molecule has 0 saturated carbocycles. The third kappa shape index (κ3) is 4.50. The monoisotopic (exact) mass is 382 g/mol. The molecule has 0 fully saturated rings. The van der Waals surface area contributed by atoms with Crippen molar-refractivity contribution in [3.05, 3.63) is 65.7 Å². The Labute approximate surface area is 160 Å². The third-order valence-corrected chi connectivity index (χ3v) is 4.80. The van der Waals surface area contributed by atoms with Gasteiger partial charge in [-0.2, -0.15) is 4.68 Å². The highest BCUT2D eigenvalue weighted by Crippen LogP contribution is 2.24. The van der Waals surface area contributed by atoms with Gasteiger partial charge in [0, 0.05) is 5.56 Å². The predicted octanol–water partition coefficient (Wildman–Crippen LogP) is 1.91. The van der Waals surface area contributed by atoms with Crippen LogP contribution in [0.3, 0.4) is 0 Å². The molecule has 3 rings (SSSR count). The van der Waals surface area contributed by atoms with Crippen molar-refractivity contribution in [1.29, 1.82) is 0 Å². The van der Waals surface area contributed by atoms with Crippen LogP contribution >= 0.6 is 11.8 Å². The Bertz CT molecular complexity index is 944. The van der Waals surface area contributed by atoms with E-state index in [1.807, 2.05) is 37.3 Å². The van der Waals surface area contributed by atoms with E-state index in [-0.39, 0.29) is 11.8 Å². The molecule has 0 saturated heterocycles. The number of aromatic nitrogens is 4. The number of hydrogen-bond donors (Lipinski definition) is 2. The number of benzene rings is 2. The highest BCUT2D eigenvalue weighted by Gasteiger charge is 2.20. The van der Waals surface area contributed by atoms with E-state index in [0.717, 1.165) is 11.3 Å². The maximum Gasteiger partial charge on any atom is 0.269 e. The number of aryl methyl sites for hydroxylation is 1. The fourth-order valence-electron chi connectivity index (χ4n) is 2.30. The highest BCUT2D eigenvalue weighted by molar-refractivity contribution is 8.00. The summed E-state index contributed by atoms with van der Waals surface area (Å²) < 4.78 is 1.59. The number of para-hydroxylation sites is 1. The molecule has 8 nitrogen and oxygen atoms in total. The van der Waals surface area contributed by atoms with Gasteiger partial charge in [-0.1, -0.05) is 48.2 Å². The Morgan fingerprint density at radius 2 is 1.74 bits per heavy atom. The summed E-state index contributed by atoms with van der Waals surface area (Å²) in [6.45, 7) is 3.67. The zero-order valence-corrected chi connectivity index (χ0v) is 15.6. The van der Waals surface area contributed by atoms with Crippen LogP contribution in [0.4, 0.5) is 0 Å². The fraction of sp³-hybridized carbons (Fsp3) is 0.167. The van der Waals surface area contributed by atoms with E-state index in [1.54, 1.807) is 35.9 Å². The topological polar surface area (TPSA) is 102 Å². The maximum atomic E-state index is 12.3. The smallest absolute Gasteiger partial charge is 0.269 e. The summed E-state index contributed by atoms with van der Waals surface area (Å²) in [6, 6.07) is 16.3. The van der Waals surface area contributed by atoms with Gasteiger partial charge in [0.05, 0.1) is 10.9 Å². The first-order valence-electron chi connectivity index (χ1n) is 8.22.